The molecule has 0 spiro atoms. The van der Waals surface area contributed by atoms with Crippen LogP contribution in [0.2, 0.25) is 0 Å². The van der Waals surface area contributed by atoms with Crippen molar-refractivity contribution in [2.45, 2.75) is 71.4 Å². The van der Waals surface area contributed by atoms with Gasteiger partial charge in [-0.2, -0.15) is 0 Å². The molecule has 0 saturated heterocycles. The largest absolute Gasteiger partial charge is 0.468 e. The summed E-state index contributed by atoms with van der Waals surface area (Å²) in [6.07, 6.45) is 5.82. The molecule has 1 saturated carbocycles. The first-order valence-electron chi connectivity index (χ1n) is 8.50. The van der Waals surface area contributed by atoms with Gasteiger partial charge >= 0.3 is 5.97 Å². The Balaban J connectivity index is 2.41. The first kappa shape index (κ1) is 18.4. The van der Waals surface area contributed by atoms with Gasteiger partial charge in [0.1, 0.15) is 5.54 Å². The molecular weight excluding hydrogens is 264 g/mol. The van der Waals surface area contributed by atoms with E-state index in [9.17, 15) is 4.79 Å². The summed E-state index contributed by atoms with van der Waals surface area (Å²) in [5, 5.41) is 3.29. The van der Waals surface area contributed by atoms with Crippen LogP contribution in [0.3, 0.4) is 0 Å². The number of nitrogens with one attached hydrogen (secondary N) is 1. The van der Waals surface area contributed by atoms with Gasteiger partial charge in [0.2, 0.25) is 0 Å². The highest BCUT2D eigenvalue weighted by atomic mass is 16.5. The van der Waals surface area contributed by atoms with Crippen LogP contribution in [-0.2, 0) is 9.53 Å². The molecule has 124 valence electrons. The average molecular weight is 298 g/mol. The molecule has 0 heterocycles. The third-order valence-electron chi connectivity index (χ3n) is 4.38. The molecule has 0 aromatic heterocycles. The van der Waals surface area contributed by atoms with E-state index in [4.69, 9.17) is 4.74 Å². The molecule has 21 heavy (non-hydrogen) atoms. The zero-order valence-electron chi connectivity index (χ0n) is 14.6. The van der Waals surface area contributed by atoms with Gasteiger partial charge in [-0.3, -0.25) is 4.79 Å². The van der Waals surface area contributed by atoms with E-state index in [1.165, 1.54) is 32.9 Å². The minimum Gasteiger partial charge on any atom is -0.468 e. The summed E-state index contributed by atoms with van der Waals surface area (Å²) in [6.45, 7) is 11.6. The number of carbonyl (C=O) groups is 1. The van der Waals surface area contributed by atoms with E-state index in [0.29, 0.717) is 0 Å². The van der Waals surface area contributed by atoms with E-state index >= 15 is 0 Å². The zero-order valence-corrected chi connectivity index (χ0v) is 14.6. The van der Waals surface area contributed by atoms with E-state index in [0.717, 1.165) is 37.9 Å². The van der Waals surface area contributed by atoms with Crippen molar-refractivity contribution < 1.29 is 9.53 Å². The lowest BCUT2D eigenvalue weighted by atomic mass is 9.95. The SMILES string of the molecule is CCNC(C)(CCCN(CCC(C)C)C1CC1)C(=O)OC. The van der Waals surface area contributed by atoms with Crippen LogP contribution in [0, 0.1) is 5.92 Å². The molecule has 4 heteroatoms. The van der Waals surface area contributed by atoms with Crippen LogP contribution < -0.4 is 5.32 Å². The first-order valence-corrected chi connectivity index (χ1v) is 8.50. The number of esters is 1. The normalized spacial score (nSPS) is 18.0. The molecule has 1 atom stereocenters. The quantitative estimate of drug-likeness (QED) is 0.596. The number of ether oxygens (including phenoxy) is 1. The second-order valence-corrected chi connectivity index (χ2v) is 6.91. The highest BCUT2D eigenvalue weighted by molar-refractivity contribution is 5.80. The molecule has 1 fully saturated rings. The van der Waals surface area contributed by atoms with Gasteiger partial charge in [0.25, 0.3) is 0 Å². The van der Waals surface area contributed by atoms with Gasteiger partial charge in [0.15, 0.2) is 0 Å². The van der Waals surface area contributed by atoms with Gasteiger partial charge in [-0.15, -0.1) is 0 Å². The zero-order chi connectivity index (χ0) is 15.9. The lowest BCUT2D eigenvalue weighted by Crippen LogP contribution is -2.50. The first-order chi connectivity index (χ1) is 9.92. The smallest absolute Gasteiger partial charge is 0.325 e. The molecule has 1 unspecified atom stereocenters. The molecule has 0 bridgehead atoms. The molecule has 1 aliphatic carbocycles. The lowest BCUT2D eigenvalue weighted by Gasteiger charge is -2.29. The summed E-state index contributed by atoms with van der Waals surface area (Å²) < 4.78 is 4.95. The third-order valence-corrected chi connectivity index (χ3v) is 4.38. The maximum absolute atomic E-state index is 12.0. The van der Waals surface area contributed by atoms with Crippen LogP contribution in [-0.4, -0.2) is 49.2 Å². The fourth-order valence-electron chi connectivity index (χ4n) is 2.85. The Morgan fingerprint density at radius 2 is 2.05 bits per heavy atom. The highest BCUT2D eigenvalue weighted by Gasteiger charge is 2.34. The van der Waals surface area contributed by atoms with Crippen molar-refractivity contribution in [2.75, 3.05) is 26.7 Å². The Labute approximate surface area is 130 Å². The van der Waals surface area contributed by atoms with Crippen LogP contribution >= 0.6 is 0 Å². The van der Waals surface area contributed by atoms with Crippen molar-refractivity contribution in [3.05, 3.63) is 0 Å². The topological polar surface area (TPSA) is 41.6 Å². The molecule has 0 amide bonds. The predicted octanol–water partition coefficient (Wildman–Crippen LogP) is 2.82. The molecule has 4 nitrogen and oxygen atoms in total. The second kappa shape index (κ2) is 8.74. The van der Waals surface area contributed by atoms with Crippen molar-refractivity contribution in [3.8, 4) is 0 Å². The lowest BCUT2D eigenvalue weighted by molar-refractivity contribution is -0.148. The van der Waals surface area contributed by atoms with Gasteiger partial charge < -0.3 is 15.0 Å². The van der Waals surface area contributed by atoms with Crippen molar-refractivity contribution in [2.24, 2.45) is 5.92 Å². The fourth-order valence-corrected chi connectivity index (χ4v) is 2.85. The monoisotopic (exact) mass is 298 g/mol. The standard InChI is InChI=1S/C17H34N2O2/c1-6-18-17(4,16(20)21-5)11-7-12-19(15-8-9-15)13-10-14(2)3/h14-15,18H,6-13H2,1-5H3. The van der Waals surface area contributed by atoms with Gasteiger partial charge in [-0.1, -0.05) is 20.8 Å². The Morgan fingerprint density at radius 1 is 1.38 bits per heavy atom. The van der Waals surface area contributed by atoms with Crippen molar-refractivity contribution in [1.82, 2.24) is 10.2 Å². The Hall–Kier alpha value is -0.610. The molecule has 0 aliphatic heterocycles. The summed E-state index contributed by atoms with van der Waals surface area (Å²) >= 11 is 0. The van der Waals surface area contributed by atoms with Gasteiger partial charge in [0.05, 0.1) is 7.11 Å². The molecule has 0 aromatic carbocycles. The van der Waals surface area contributed by atoms with Gasteiger partial charge in [0, 0.05) is 6.04 Å². The Bertz CT molecular complexity index is 316. The summed E-state index contributed by atoms with van der Waals surface area (Å²) in [5.41, 5.74) is -0.545. The number of hydrogen-bond acceptors (Lipinski definition) is 4. The van der Waals surface area contributed by atoms with Crippen molar-refractivity contribution in [3.63, 3.8) is 0 Å². The van der Waals surface area contributed by atoms with Crippen LogP contribution in [0.15, 0.2) is 0 Å². The predicted molar refractivity (Wildman–Crippen MR) is 87.4 cm³/mol. The van der Waals surface area contributed by atoms with Gasteiger partial charge in [-0.05, 0) is 64.6 Å². The minimum atomic E-state index is -0.545. The third kappa shape index (κ3) is 6.35. The molecule has 1 aliphatic rings. The Kier molecular flexibility index (Phi) is 7.67. The maximum Gasteiger partial charge on any atom is 0.325 e. The second-order valence-electron chi connectivity index (χ2n) is 6.91. The fraction of sp³-hybridized carbons (Fsp3) is 0.941. The van der Waals surface area contributed by atoms with Crippen LogP contribution in [0.5, 0.6) is 0 Å². The van der Waals surface area contributed by atoms with E-state index < -0.39 is 5.54 Å². The number of hydrogen-bond donors (Lipinski definition) is 1. The molecule has 0 aromatic rings. The summed E-state index contributed by atoms with van der Waals surface area (Å²) in [6, 6.07) is 0.798. The van der Waals surface area contributed by atoms with E-state index in [2.05, 4.69) is 24.1 Å². The highest BCUT2D eigenvalue weighted by Crippen LogP contribution is 2.28. The average Bonchev–Trinajstić information content (AvgIpc) is 3.26. The van der Waals surface area contributed by atoms with Crippen molar-refractivity contribution in [1.29, 1.82) is 0 Å². The molecule has 0 radical (unpaired) electrons. The van der Waals surface area contributed by atoms with Gasteiger partial charge in [-0.25, -0.2) is 0 Å². The number of methoxy groups -OCH3 is 1. The van der Waals surface area contributed by atoms with E-state index in [-0.39, 0.29) is 5.97 Å². The summed E-state index contributed by atoms with van der Waals surface area (Å²) in [5.74, 6) is 0.609. The molecular formula is C17H34N2O2. The summed E-state index contributed by atoms with van der Waals surface area (Å²) in [4.78, 5) is 14.6. The van der Waals surface area contributed by atoms with Crippen LogP contribution in [0.25, 0.3) is 0 Å². The number of rotatable bonds is 11. The number of carbonyl (C=O) groups excluding carboxylic acids is 1. The molecule has 1 rings (SSSR count). The van der Waals surface area contributed by atoms with Crippen molar-refractivity contribution >= 4 is 5.97 Å². The number of likely N-dealkylation sites (N-methyl/N-ethyl adjacent to an activating group) is 1. The Morgan fingerprint density at radius 3 is 2.52 bits per heavy atom. The minimum absolute atomic E-state index is 0.149. The summed E-state index contributed by atoms with van der Waals surface area (Å²) in [7, 11) is 1.47. The maximum atomic E-state index is 12.0. The van der Waals surface area contributed by atoms with Crippen LogP contribution in [0.4, 0.5) is 0 Å². The molecule has 1 N–H and O–H groups in total. The van der Waals surface area contributed by atoms with E-state index in [1.807, 2.05) is 13.8 Å². The van der Waals surface area contributed by atoms with E-state index in [1.54, 1.807) is 0 Å². The van der Waals surface area contributed by atoms with Crippen LogP contribution in [0.1, 0.15) is 59.8 Å². The number of nitrogens with zero attached hydrogens (tertiary/aromatic N) is 1.